The number of unbranched alkanes of at least 4 members (excludes halogenated alkanes) is 14. The van der Waals surface area contributed by atoms with E-state index in [1.807, 2.05) is 0 Å². The summed E-state index contributed by atoms with van der Waals surface area (Å²) in [6.45, 7) is 4.09. The van der Waals surface area contributed by atoms with E-state index in [0.29, 0.717) is 12.8 Å². The number of carboxylic acids is 1. The highest BCUT2D eigenvalue weighted by molar-refractivity contribution is 5.80. The molecule has 0 aliphatic carbocycles. The first-order valence-electron chi connectivity index (χ1n) is 19.9. The zero-order chi connectivity index (χ0) is 35.9. The molecule has 1 amide bonds. The second-order valence-corrected chi connectivity index (χ2v) is 13.2. The predicted molar refractivity (Wildman–Crippen MR) is 208 cm³/mol. The Hall–Kier alpha value is -2.89. The Balaban J connectivity index is 4.16. The number of amides is 1. The largest absolute Gasteiger partial charge is 0.480 e. The number of rotatable bonds is 35. The van der Waals surface area contributed by atoms with Crippen LogP contribution >= 0.6 is 0 Å². The molecule has 280 valence electrons. The van der Waals surface area contributed by atoms with Crippen molar-refractivity contribution in [2.24, 2.45) is 0 Å². The van der Waals surface area contributed by atoms with E-state index in [9.17, 15) is 14.4 Å². The molecule has 0 radical (unpaired) electrons. The molecule has 0 heterocycles. The highest BCUT2D eigenvalue weighted by atomic mass is 16.5. The molecule has 0 fully saturated rings. The number of allylic oxidation sites excluding steroid dienone is 10. The van der Waals surface area contributed by atoms with Crippen molar-refractivity contribution in [1.82, 2.24) is 5.32 Å². The van der Waals surface area contributed by atoms with Gasteiger partial charge in [-0.25, -0.2) is 0 Å². The van der Waals surface area contributed by atoms with Crippen LogP contribution in [0.3, 0.4) is 0 Å². The molecule has 0 aromatic rings. The minimum Gasteiger partial charge on any atom is -0.480 e. The number of nitrogens with one attached hydrogen (secondary N) is 1. The fraction of sp³-hybridized carbons (Fsp3) is 0.698. The Morgan fingerprint density at radius 2 is 1.00 bits per heavy atom. The van der Waals surface area contributed by atoms with Gasteiger partial charge in [0.05, 0.1) is 0 Å². The van der Waals surface area contributed by atoms with Crippen molar-refractivity contribution in [3.63, 3.8) is 0 Å². The maximum atomic E-state index is 12.7. The second-order valence-electron chi connectivity index (χ2n) is 13.2. The fourth-order valence-corrected chi connectivity index (χ4v) is 5.54. The van der Waals surface area contributed by atoms with Crippen LogP contribution in [-0.2, 0) is 19.1 Å². The van der Waals surface area contributed by atoms with Crippen LogP contribution in [0.25, 0.3) is 0 Å². The van der Waals surface area contributed by atoms with Gasteiger partial charge in [-0.2, -0.15) is 0 Å². The summed E-state index contributed by atoms with van der Waals surface area (Å²) in [5.74, 6) is -1.27. The molecule has 1 atom stereocenters. The van der Waals surface area contributed by atoms with Crippen molar-refractivity contribution in [3.8, 4) is 0 Å². The standard InChI is InChI=1S/C43H73NO5/c1-3-5-7-9-11-13-14-15-16-17-18-19-20-21-22-23-25-30-34-38-43(48)49-40(35-31-27-24-12-10-8-6-4-2)36-32-28-26-29-33-37-41(45)44-39-42(46)47/h5,7,11,13,15-16,18-19,21-22,40H,3-4,6,8-10,12,14,17,20,23-39H2,1-2H3,(H,44,45)(H,46,47)/b7-5-,13-11-,16-15-,19-18-,22-21-. The molecule has 0 aromatic carbocycles. The first-order valence-corrected chi connectivity index (χ1v) is 19.9. The van der Waals surface area contributed by atoms with E-state index in [4.69, 9.17) is 9.84 Å². The lowest BCUT2D eigenvalue weighted by Gasteiger charge is -2.18. The van der Waals surface area contributed by atoms with Crippen LogP contribution in [-0.4, -0.2) is 35.6 Å². The van der Waals surface area contributed by atoms with Crippen molar-refractivity contribution in [2.45, 2.75) is 187 Å². The molecule has 49 heavy (non-hydrogen) atoms. The summed E-state index contributed by atoms with van der Waals surface area (Å²) in [7, 11) is 0. The molecule has 0 aliphatic heterocycles. The average Bonchev–Trinajstić information content (AvgIpc) is 3.08. The van der Waals surface area contributed by atoms with E-state index in [2.05, 4.69) is 79.9 Å². The van der Waals surface area contributed by atoms with Crippen molar-refractivity contribution in [1.29, 1.82) is 0 Å². The van der Waals surface area contributed by atoms with Crippen LogP contribution in [0.1, 0.15) is 181 Å². The van der Waals surface area contributed by atoms with E-state index < -0.39 is 5.97 Å². The van der Waals surface area contributed by atoms with E-state index in [1.54, 1.807) is 0 Å². The zero-order valence-corrected chi connectivity index (χ0v) is 31.5. The van der Waals surface area contributed by atoms with Gasteiger partial charge in [0.25, 0.3) is 0 Å². The van der Waals surface area contributed by atoms with Gasteiger partial charge < -0.3 is 15.2 Å². The first kappa shape index (κ1) is 46.1. The summed E-state index contributed by atoms with van der Waals surface area (Å²) < 4.78 is 5.98. The SMILES string of the molecule is CC/C=C\C/C=C\C/C=C\C/C=C\C/C=C\CCCCCC(=O)OC(CCCCCCCCCC)CCCCCCCC(=O)NCC(=O)O. The summed E-state index contributed by atoms with van der Waals surface area (Å²) >= 11 is 0. The highest BCUT2D eigenvalue weighted by Crippen LogP contribution is 2.18. The molecule has 0 saturated heterocycles. The molecule has 0 aromatic heterocycles. The number of carboxylic acid groups (broad SMARTS) is 1. The molecule has 0 spiro atoms. The van der Waals surface area contributed by atoms with Crippen LogP contribution < -0.4 is 5.32 Å². The number of carbonyl (C=O) groups excluding carboxylic acids is 2. The smallest absolute Gasteiger partial charge is 0.322 e. The number of carbonyl (C=O) groups is 3. The lowest BCUT2D eigenvalue weighted by molar-refractivity contribution is -0.150. The number of esters is 1. The third-order valence-corrected chi connectivity index (χ3v) is 8.45. The predicted octanol–water partition coefficient (Wildman–Crippen LogP) is 12.1. The van der Waals surface area contributed by atoms with Gasteiger partial charge in [-0.1, -0.05) is 145 Å². The van der Waals surface area contributed by atoms with E-state index in [-0.39, 0.29) is 24.5 Å². The molecular weight excluding hydrogens is 610 g/mol. The normalized spacial score (nSPS) is 12.7. The maximum Gasteiger partial charge on any atom is 0.322 e. The Labute approximate surface area is 301 Å². The zero-order valence-electron chi connectivity index (χ0n) is 31.5. The minimum atomic E-state index is -1.02. The molecule has 0 aliphatic rings. The van der Waals surface area contributed by atoms with Gasteiger partial charge >= 0.3 is 11.9 Å². The minimum absolute atomic E-state index is 0.00989. The lowest BCUT2D eigenvalue weighted by Crippen LogP contribution is -2.28. The van der Waals surface area contributed by atoms with Crippen LogP contribution in [0.2, 0.25) is 0 Å². The number of hydrogen-bond acceptors (Lipinski definition) is 4. The van der Waals surface area contributed by atoms with Gasteiger partial charge in [0, 0.05) is 12.8 Å². The molecule has 0 saturated carbocycles. The van der Waals surface area contributed by atoms with Crippen LogP contribution in [0.4, 0.5) is 0 Å². The third-order valence-electron chi connectivity index (χ3n) is 8.45. The summed E-state index contributed by atoms with van der Waals surface area (Å²) in [5, 5.41) is 11.1. The van der Waals surface area contributed by atoms with Gasteiger partial charge in [0.2, 0.25) is 5.91 Å². The fourth-order valence-electron chi connectivity index (χ4n) is 5.54. The molecule has 6 heteroatoms. The molecule has 6 nitrogen and oxygen atoms in total. The van der Waals surface area contributed by atoms with Crippen molar-refractivity contribution >= 4 is 17.8 Å². The van der Waals surface area contributed by atoms with Crippen molar-refractivity contribution in [2.75, 3.05) is 6.54 Å². The highest BCUT2D eigenvalue weighted by Gasteiger charge is 2.14. The van der Waals surface area contributed by atoms with Gasteiger partial charge in [-0.3, -0.25) is 14.4 Å². The van der Waals surface area contributed by atoms with Gasteiger partial charge in [0.15, 0.2) is 0 Å². The van der Waals surface area contributed by atoms with Crippen LogP contribution in [0, 0.1) is 0 Å². The van der Waals surface area contributed by atoms with E-state index in [0.717, 1.165) is 109 Å². The Kier molecular flexibility index (Phi) is 35.7. The van der Waals surface area contributed by atoms with E-state index >= 15 is 0 Å². The number of aliphatic carboxylic acids is 1. The first-order chi connectivity index (χ1) is 24.0. The Bertz CT molecular complexity index is 933. The average molecular weight is 684 g/mol. The van der Waals surface area contributed by atoms with Crippen molar-refractivity contribution in [3.05, 3.63) is 60.8 Å². The molecule has 0 bridgehead atoms. The van der Waals surface area contributed by atoms with Gasteiger partial charge in [0.1, 0.15) is 12.6 Å². The number of ether oxygens (including phenoxy) is 1. The Morgan fingerprint density at radius 3 is 1.53 bits per heavy atom. The van der Waals surface area contributed by atoms with Crippen LogP contribution in [0.15, 0.2) is 60.8 Å². The maximum absolute atomic E-state index is 12.7. The monoisotopic (exact) mass is 684 g/mol. The summed E-state index contributed by atoms with van der Waals surface area (Å²) in [6, 6.07) is 0. The summed E-state index contributed by atoms with van der Waals surface area (Å²) in [4.78, 5) is 34.9. The molecule has 0 rings (SSSR count). The molecule has 2 N–H and O–H groups in total. The van der Waals surface area contributed by atoms with Gasteiger partial charge in [-0.15, -0.1) is 0 Å². The molecule has 1 unspecified atom stereocenters. The topological polar surface area (TPSA) is 92.7 Å². The summed E-state index contributed by atoms with van der Waals surface area (Å²) in [5.41, 5.74) is 0. The summed E-state index contributed by atoms with van der Waals surface area (Å²) in [6.07, 6.45) is 49.1. The quantitative estimate of drug-likeness (QED) is 0.0394. The lowest BCUT2D eigenvalue weighted by atomic mass is 10.0. The van der Waals surface area contributed by atoms with Crippen LogP contribution in [0.5, 0.6) is 0 Å². The number of hydrogen-bond donors (Lipinski definition) is 2. The second kappa shape index (κ2) is 37.9. The van der Waals surface area contributed by atoms with Crippen molar-refractivity contribution < 1.29 is 24.2 Å². The third kappa shape index (κ3) is 37.8. The van der Waals surface area contributed by atoms with Gasteiger partial charge in [-0.05, 0) is 83.5 Å². The Morgan fingerprint density at radius 1 is 0.551 bits per heavy atom. The molecular formula is C43H73NO5. The van der Waals surface area contributed by atoms with E-state index in [1.165, 1.54) is 44.9 Å².